The molecule has 1 aliphatic rings. The quantitative estimate of drug-likeness (QED) is 0.414. The summed E-state index contributed by atoms with van der Waals surface area (Å²) in [6, 6.07) is 0. The van der Waals surface area contributed by atoms with Gasteiger partial charge in [-0.2, -0.15) is 0 Å². The minimum atomic E-state index is -1.19. The average Bonchev–Trinajstić information content (AvgIpc) is 2.45. The van der Waals surface area contributed by atoms with E-state index in [0.29, 0.717) is 32.4 Å². The fraction of sp³-hybridized carbons (Fsp3) is 0.857. The number of carboxylic acids is 2. The zero-order chi connectivity index (χ0) is 15.9. The number of hydrogen-bond donors (Lipinski definition) is 3. The van der Waals surface area contributed by atoms with Crippen LogP contribution in [0.15, 0.2) is 0 Å². The first-order valence-electron chi connectivity index (χ1n) is 7.86. The highest BCUT2D eigenvalue weighted by molar-refractivity contribution is 6.08. The van der Waals surface area contributed by atoms with Crippen molar-refractivity contribution in [1.82, 2.24) is 4.90 Å². The van der Waals surface area contributed by atoms with Crippen LogP contribution >= 0.6 is 0 Å². The van der Waals surface area contributed by atoms with Crippen LogP contribution in [0, 0.1) is 5.92 Å². The topological polar surface area (TPSA) is 104 Å². The molecule has 7 heteroatoms. The molecule has 0 aromatic carbocycles. The van der Waals surface area contributed by atoms with Gasteiger partial charge in [0.25, 0.3) is 0 Å². The Morgan fingerprint density at radius 3 is 2.57 bits per heavy atom. The lowest BCUT2D eigenvalue weighted by Gasteiger charge is -2.33. The maximum absolute atomic E-state index is 11.4. The molecule has 1 unspecified atom stereocenters. The highest BCUT2D eigenvalue weighted by Crippen LogP contribution is 2.21. The number of nitrogens with two attached hydrogens (primary N) is 1. The zero-order valence-corrected chi connectivity index (χ0v) is 12.9. The second kappa shape index (κ2) is 8.39. The maximum Gasteiger partial charge on any atom is 0.323 e. The van der Waals surface area contributed by atoms with Crippen LogP contribution < -0.4 is 5.73 Å². The van der Waals surface area contributed by atoms with Crippen molar-refractivity contribution in [3.8, 4) is 0 Å². The Kier molecular flexibility index (Phi) is 7.18. The summed E-state index contributed by atoms with van der Waals surface area (Å²) < 4.78 is 0. The van der Waals surface area contributed by atoms with Gasteiger partial charge in [0, 0.05) is 13.1 Å². The summed E-state index contributed by atoms with van der Waals surface area (Å²) in [5, 5.41) is 18.4. The van der Waals surface area contributed by atoms with Gasteiger partial charge in [0.05, 0.1) is 5.92 Å². The fourth-order valence-electron chi connectivity index (χ4n) is 2.85. The number of carboxylic acid groups (broad SMARTS) is 2. The van der Waals surface area contributed by atoms with Gasteiger partial charge < -0.3 is 20.8 Å². The smallest absolute Gasteiger partial charge is 0.323 e. The molecule has 4 N–H and O–H groups in total. The molecular formula is C14H27BN2O4. The summed E-state index contributed by atoms with van der Waals surface area (Å²) in [5.74, 6) is -2.05. The van der Waals surface area contributed by atoms with Gasteiger partial charge in [0.2, 0.25) is 0 Å². The normalized spacial score (nSPS) is 22.6. The summed E-state index contributed by atoms with van der Waals surface area (Å²) in [4.78, 5) is 24.5. The predicted octanol–water partition coefficient (Wildman–Crippen LogP) is 0.177. The summed E-state index contributed by atoms with van der Waals surface area (Å²) in [5.41, 5.74) is 4.86. The lowest BCUT2D eigenvalue weighted by atomic mass is 9.87. The molecule has 0 aliphatic carbocycles. The number of nitrogens with zero attached hydrogens (tertiary/aromatic N) is 1. The second-order valence-electron chi connectivity index (χ2n) is 6.15. The number of aliphatic carboxylic acids is 2. The minimum Gasteiger partial charge on any atom is -0.481 e. The van der Waals surface area contributed by atoms with E-state index in [0.717, 1.165) is 32.1 Å². The molecule has 0 spiro atoms. The van der Waals surface area contributed by atoms with Crippen LogP contribution in [-0.2, 0) is 9.59 Å². The predicted molar refractivity (Wildman–Crippen MR) is 83.2 cm³/mol. The summed E-state index contributed by atoms with van der Waals surface area (Å²) in [7, 11) is 2.07. The van der Waals surface area contributed by atoms with Crippen LogP contribution in [0.25, 0.3) is 0 Å². The van der Waals surface area contributed by atoms with Gasteiger partial charge in [0.1, 0.15) is 13.4 Å². The molecule has 0 aromatic rings. The van der Waals surface area contributed by atoms with Crippen LogP contribution in [0.4, 0.5) is 0 Å². The van der Waals surface area contributed by atoms with Crippen LogP contribution in [0.5, 0.6) is 0 Å². The molecule has 1 rings (SSSR count). The van der Waals surface area contributed by atoms with E-state index in [2.05, 4.69) is 7.85 Å². The summed E-state index contributed by atoms with van der Waals surface area (Å²) in [6.07, 6.45) is 5.23. The number of piperidine rings is 1. The van der Waals surface area contributed by atoms with Crippen LogP contribution in [0.1, 0.15) is 38.5 Å². The number of unbranched alkanes of at least 4 members (excludes halogenated alkanes) is 1. The largest absolute Gasteiger partial charge is 0.481 e. The van der Waals surface area contributed by atoms with Crippen LogP contribution in [0.3, 0.4) is 0 Å². The monoisotopic (exact) mass is 298 g/mol. The van der Waals surface area contributed by atoms with Crippen molar-refractivity contribution >= 4 is 19.8 Å². The lowest BCUT2D eigenvalue weighted by Crippen LogP contribution is -2.51. The van der Waals surface area contributed by atoms with Crippen molar-refractivity contribution in [3.63, 3.8) is 0 Å². The molecule has 0 bridgehead atoms. The second-order valence-corrected chi connectivity index (χ2v) is 6.15. The standard InChI is InChI=1S/C14H27BN2O4/c15-7-2-1-5-14(16,13(20)21)6-9-17-8-3-4-11(10-17)12(18)19/h11H,1-10,15-16H2,(H,18,19)(H,20,21)/t11-,14?/m0/s1. The van der Waals surface area contributed by atoms with E-state index in [9.17, 15) is 14.7 Å². The molecule has 1 saturated heterocycles. The van der Waals surface area contributed by atoms with E-state index in [1.54, 1.807) is 0 Å². The van der Waals surface area contributed by atoms with Crippen molar-refractivity contribution in [1.29, 1.82) is 0 Å². The number of likely N-dealkylation sites (tertiary alicyclic amines) is 1. The van der Waals surface area contributed by atoms with Gasteiger partial charge in [-0.05, 0) is 32.2 Å². The van der Waals surface area contributed by atoms with Gasteiger partial charge in [-0.25, -0.2) is 0 Å². The SMILES string of the molecule is BCCCCC(N)(CCN1CCC[C@H](C(=O)O)C1)C(=O)O. The summed E-state index contributed by atoms with van der Waals surface area (Å²) >= 11 is 0. The molecule has 1 fully saturated rings. The molecule has 120 valence electrons. The molecule has 0 saturated carbocycles. The number of hydrogen-bond acceptors (Lipinski definition) is 4. The van der Waals surface area contributed by atoms with Crippen molar-refractivity contribution in [2.75, 3.05) is 19.6 Å². The first kappa shape index (κ1) is 18.0. The molecule has 0 aromatic heterocycles. The molecule has 1 aliphatic heterocycles. The Hall–Kier alpha value is -1.08. The minimum absolute atomic E-state index is 0.337. The lowest BCUT2D eigenvalue weighted by molar-refractivity contribution is -0.146. The number of carbonyl (C=O) groups is 2. The van der Waals surface area contributed by atoms with Crippen molar-refractivity contribution in [2.24, 2.45) is 11.7 Å². The Morgan fingerprint density at radius 1 is 1.29 bits per heavy atom. The van der Waals surface area contributed by atoms with Crippen molar-refractivity contribution in [2.45, 2.75) is 50.4 Å². The van der Waals surface area contributed by atoms with E-state index >= 15 is 0 Å². The van der Waals surface area contributed by atoms with Crippen molar-refractivity contribution in [3.05, 3.63) is 0 Å². The zero-order valence-electron chi connectivity index (χ0n) is 12.9. The van der Waals surface area contributed by atoms with Crippen molar-refractivity contribution < 1.29 is 19.8 Å². The fourth-order valence-corrected chi connectivity index (χ4v) is 2.85. The van der Waals surface area contributed by atoms with Gasteiger partial charge in [-0.3, -0.25) is 9.59 Å². The first-order chi connectivity index (χ1) is 9.89. The Balaban J connectivity index is 2.48. The van der Waals surface area contributed by atoms with Crippen LogP contribution in [-0.4, -0.2) is 60.1 Å². The Morgan fingerprint density at radius 2 is 2.00 bits per heavy atom. The third-order valence-electron chi connectivity index (χ3n) is 4.38. The first-order valence-corrected chi connectivity index (χ1v) is 7.86. The van der Waals surface area contributed by atoms with Crippen LogP contribution in [0.2, 0.25) is 6.32 Å². The Bertz CT molecular complexity index is 367. The highest BCUT2D eigenvalue weighted by Gasteiger charge is 2.34. The van der Waals surface area contributed by atoms with E-state index in [-0.39, 0.29) is 5.92 Å². The Labute approximate surface area is 127 Å². The third kappa shape index (κ3) is 5.67. The van der Waals surface area contributed by atoms with E-state index < -0.39 is 17.5 Å². The van der Waals surface area contributed by atoms with Gasteiger partial charge in [-0.1, -0.05) is 19.2 Å². The average molecular weight is 298 g/mol. The van der Waals surface area contributed by atoms with Gasteiger partial charge in [0.15, 0.2) is 0 Å². The molecule has 0 amide bonds. The van der Waals surface area contributed by atoms with Gasteiger partial charge >= 0.3 is 11.9 Å². The molecule has 21 heavy (non-hydrogen) atoms. The molecule has 2 atom stereocenters. The van der Waals surface area contributed by atoms with E-state index in [1.165, 1.54) is 0 Å². The van der Waals surface area contributed by atoms with E-state index in [1.807, 2.05) is 4.90 Å². The number of rotatable bonds is 9. The van der Waals surface area contributed by atoms with E-state index in [4.69, 9.17) is 10.8 Å². The maximum atomic E-state index is 11.4. The molecule has 1 heterocycles. The molecule has 0 radical (unpaired) electrons. The molecule has 6 nitrogen and oxygen atoms in total. The van der Waals surface area contributed by atoms with Gasteiger partial charge in [-0.15, -0.1) is 0 Å². The molecular weight excluding hydrogens is 271 g/mol. The summed E-state index contributed by atoms with van der Waals surface area (Å²) in [6.45, 7) is 1.88. The highest BCUT2D eigenvalue weighted by atomic mass is 16.4. The third-order valence-corrected chi connectivity index (χ3v) is 4.38.